The molecule has 118 valence electrons. The standard InChI is InChI=1S/C15H21N5O2/c1-8(2)6-11(15(21)22)16-12-4-5-13-17-18-14(20(13)19-12)10-7-9(10)3/h4-5,8-11H,6-7H2,1-3H3,(H,16,19)(H,21,22)/t9?,10?,11-/m0/s1. The van der Waals surface area contributed by atoms with Crippen molar-refractivity contribution in [2.24, 2.45) is 11.8 Å². The summed E-state index contributed by atoms with van der Waals surface area (Å²) in [5.74, 6) is 1.84. The summed E-state index contributed by atoms with van der Waals surface area (Å²) in [6, 6.07) is 2.91. The molecular formula is C15H21N5O2. The molecule has 1 fully saturated rings. The highest BCUT2D eigenvalue weighted by atomic mass is 16.4. The summed E-state index contributed by atoms with van der Waals surface area (Å²) >= 11 is 0. The molecule has 22 heavy (non-hydrogen) atoms. The summed E-state index contributed by atoms with van der Waals surface area (Å²) in [4.78, 5) is 11.4. The molecule has 7 nitrogen and oxygen atoms in total. The number of rotatable bonds is 6. The number of hydrogen-bond acceptors (Lipinski definition) is 5. The van der Waals surface area contributed by atoms with E-state index >= 15 is 0 Å². The van der Waals surface area contributed by atoms with Crippen molar-refractivity contribution in [3.05, 3.63) is 18.0 Å². The molecule has 3 rings (SSSR count). The molecule has 2 heterocycles. The number of carboxylic acid groups (broad SMARTS) is 1. The molecule has 0 bridgehead atoms. The van der Waals surface area contributed by atoms with Gasteiger partial charge in [-0.1, -0.05) is 20.8 Å². The Labute approximate surface area is 128 Å². The van der Waals surface area contributed by atoms with E-state index in [9.17, 15) is 9.90 Å². The number of aliphatic carboxylic acids is 1. The first kappa shape index (κ1) is 14.7. The van der Waals surface area contributed by atoms with Crippen molar-refractivity contribution in [2.45, 2.75) is 45.6 Å². The average molecular weight is 303 g/mol. The van der Waals surface area contributed by atoms with Gasteiger partial charge in [0.15, 0.2) is 11.5 Å². The average Bonchev–Trinajstić information content (AvgIpc) is 3.02. The lowest BCUT2D eigenvalue weighted by Crippen LogP contribution is -2.31. The molecule has 1 aliphatic carbocycles. The summed E-state index contributed by atoms with van der Waals surface area (Å²) in [5.41, 5.74) is 0.690. The summed E-state index contributed by atoms with van der Waals surface area (Å²) in [7, 11) is 0. The van der Waals surface area contributed by atoms with Gasteiger partial charge in [-0.3, -0.25) is 0 Å². The lowest BCUT2D eigenvalue weighted by Gasteiger charge is -2.16. The molecule has 0 aliphatic heterocycles. The molecule has 0 radical (unpaired) electrons. The van der Waals surface area contributed by atoms with Crippen LogP contribution < -0.4 is 5.32 Å². The van der Waals surface area contributed by atoms with Gasteiger partial charge in [-0.25, -0.2) is 4.79 Å². The minimum Gasteiger partial charge on any atom is -0.480 e. The predicted molar refractivity (Wildman–Crippen MR) is 81.8 cm³/mol. The Hall–Kier alpha value is -2.18. The van der Waals surface area contributed by atoms with Crippen LogP contribution in [-0.4, -0.2) is 36.9 Å². The Balaban J connectivity index is 1.85. The minimum atomic E-state index is -0.865. The fourth-order valence-corrected chi connectivity index (χ4v) is 2.67. The normalized spacial score (nSPS) is 22.0. The van der Waals surface area contributed by atoms with Gasteiger partial charge in [-0.15, -0.1) is 15.3 Å². The quantitative estimate of drug-likeness (QED) is 0.849. The molecule has 3 atom stereocenters. The summed E-state index contributed by atoms with van der Waals surface area (Å²) in [6.45, 7) is 6.18. The zero-order valence-electron chi connectivity index (χ0n) is 13.0. The van der Waals surface area contributed by atoms with Crippen LogP contribution in [0.4, 0.5) is 5.82 Å². The van der Waals surface area contributed by atoms with Crippen LogP contribution >= 0.6 is 0 Å². The van der Waals surface area contributed by atoms with Crippen molar-refractivity contribution in [2.75, 3.05) is 5.32 Å². The second-order valence-electron chi connectivity index (χ2n) is 6.53. The number of nitrogens with zero attached hydrogens (tertiary/aromatic N) is 4. The molecule has 1 saturated carbocycles. The maximum Gasteiger partial charge on any atom is 0.326 e. The number of hydrogen-bond donors (Lipinski definition) is 2. The van der Waals surface area contributed by atoms with Gasteiger partial charge >= 0.3 is 5.97 Å². The molecule has 2 N–H and O–H groups in total. The zero-order valence-corrected chi connectivity index (χ0v) is 13.0. The Bertz CT molecular complexity index is 696. The lowest BCUT2D eigenvalue weighted by atomic mass is 10.0. The van der Waals surface area contributed by atoms with Gasteiger partial charge in [0.2, 0.25) is 0 Å². The SMILES string of the molecule is CC(C)C[C@H](Nc1ccc2nnc(C3CC3C)n2n1)C(=O)O. The van der Waals surface area contributed by atoms with E-state index in [1.54, 1.807) is 10.6 Å². The summed E-state index contributed by atoms with van der Waals surface area (Å²) < 4.78 is 1.73. The summed E-state index contributed by atoms with van der Waals surface area (Å²) in [5, 5.41) is 25.1. The first-order valence-corrected chi connectivity index (χ1v) is 7.67. The van der Waals surface area contributed by atoms with Gasteiger partial charge in [0.25, 0.3) is 0 Å². The Morgan fingerprint density at radius 3 is 2.77 bits per heavy atom. The Morgan fingerprint density at radius 2 is 2.18 bits per heavy atom. The lowest BCUT2D eigenvalue weighted by molar-refractivity contribution is -0.138. The molecule has 0 amide bonds. The van der Waals surface area contributed by atoms with E-state index in [0.717, 1.165) is 12.2 Å². The second-order valence-corrected chi connectivity index (χ2v) is 6.53. The first-order valence-electron chi connectivity index (χ1n) is 7.67. The molecule has 1 aliphatic rings. The monoisotopic (exact) mass is 303 g/mol. The fraction of sp³-hybridized carbons (Fsp3) is 0.600. The highest BCUT2D eigenvalue weighted by molar-refractivity contribution is 5.76. The second kappa shape index (κ2) is 5.55. The van der Waals surface area contributed by atoms with Crippen molar-refractivity contribution >= 4 is 17.4 Å². The molecule has 7 heteroatoms. The van der Waals surface area contributed by atoms with Gasteiger partial charge in [-0.05, 0) is 36.8 Å². The largest absolute Gasteiger partial charge is 0.480 e. The summed E-state index contributed by atoms with van der Waals surface area (Å²) in [6.07, 6.45) is 1.65. The van der Waals surface area contributed by atoms with Gasteiger partial charge in [0.1, 0.15) is 11.9 Å². The Morgan fingerprint density at radius 1 is 1.45 bits per heavy atom. The molecule has 2 aromatic rings. The van der Waals surface area contributed by atoms with E-state index in [1.807, 2.05) is 19.9 Å². The first-order chi connectivity index (χ1) is 10.5. The van der Waals surface area contributed by atoms with Crippen molar-refractivity contribution < 1.29 is 9.90 Å². The van der Waals surface area contributed by atoms with Crippen LogP contribution in [-0.2, 0) is 4.79 Å². The molecule has 0 spiro atoms. The molecule has 2 unspecified atom stereocenters. The van der Waals surface area contributed by atoms with Crippen LogP contribution in [0.5, 0.6) is 0 Å². The van der Waals surface area contributed by atoms with Crippen molar-refractivity contribution in [1.29, 1.82) is 0 Å². The predicted octanol–water partition coefficient (Wildman–Crippen LogP) is 2.16. The van der Waals surface area contributed by atoms with E-state index in [-0.39, 0.29) is 5.92 Å². The van der Waals surface area contributed by atoms with E-state index in [2.05, 4.69) is 27.5 Å². The fourth-order valence-electron chi connectivity index (χ4n) is 2.67. The van der Waals surface area contributed by atoms with Gasteiger partial charge in [-0.2, -0.15) is 4.52 Å². The third-order valence-electron chi connectivity index (χ3n) is 4.06. The van der Waals surface area contributed by atoms with Crippen LogP contribution in [0.1, 0.15) is 45.4 Å². The van der Waals surface area contributed by atoms with Gasteiger partial charge in [0, 0.05) is 5.92 Å². The maximum absolute atomic E-state index is 11.4. The smallest absolute Gasteiger partial charge is 0.326 e. The van der Waals surface area contributed by atoms with Gasteiger partial charge in [0.05, 0.1) is 0 Å². The number of nitrogens with one attached hydrogen (secondary N) is 1. The minimum absolute atomic E-state index is 0.287. The molecular weight excluding hydrogens is 282 g/mol. The highest BCUT2D eigenvalue weighted by Crippen LogP contribution is 2.45. The van der Waals surface area contributed by atoms with Crippen LogP contribution in [0.25, 0.3) is 5.65 Å². The maximum atomic E-state index is 11.4. The highest BCUT2D eigenvalue weighted by Gasteiger charge is 2.38. The van der Waals surface area contributed by atoms with Crippen molar-refractivity contribution in [1.82, 2.24) is 19.8 Å². The number of aromatic nitrogens is 4. The number of fused-ring (bicyclic) bond motifs is 1. The van der Waals surface area contributed by atoms with Crippen LogP contribution in [0, 0.1) is 11.8 Å². The topological polar surface area (TPSA) is 92.4 Å². The van der Waals surface area contributed by atoms with Crippen LogP contribution in [0.15, 0.2) is 12.1 Å². The van der Waals surface area contributed by atoms with E-state index in [0.29, 0.717) is 29.7 Å². The third kappa shape index (κ3) is 2.88. The third-order valence-corrected chi connectivity index (χ3v) is 4.06. The van der Waals surface area contributed by atoms with Crippen molar-refractivity contribution in [3.63, 3.8) is 0 Å². The molecule has 0 aromatic carbocycles. The molecule has 0 saturated heterocycles. The number of carboxylic acids is 1. The van der Waals surface area contributed by atoms with E-state index in [1.165, 1.54) is 0 Å². The van der Waals surface area contributed by atoms with E-state index in [4.69, 9.17) is 0 Å². The van der Waals surface area contributed by atoms with Crippen LogP contribution in [0.3, 0.4) is 0 Å². The van der Waals surface area contributed by atoms with E-state index < -0.39 is 12.0 Å². The molecule has 2 aromatic heterocycles. The Kier molecular flexibility index (Phi) is 3.72. The van der Waals surface area contributed by atoms with Gasteiger partial charge < -0.3 is 10.4 Å². The number of carbonyl (C=O) groups is 1. The van der Waals surface area contributed by atoms with Crippen molar-refractivity contribution in [3.8, 4) is 0 Å². The zero-order chi connectivity index (χ0) is 15.9. The number of anilines is 1. The van der Waals surface area contributed by atoms with Crippen LogP contribution in [0.2, 0.25) is 0 Å².